The number of hydrogen-bond acceptors (Lipinski definition) is 3. The number of rotatable bonds is 9. The van der Waals surface area contributed by atoms with Crippen molar-refractivity contribution >= 4 is 34.9 Å². The highest BCUT2D eigenvalue weighted by Gasteiger charge is 2.17. The number of halogens is 2. The summed E-state index contributed by atoms with van der Waals surface area (Å²) in [4.78, 5) is 12.6. The fraction of sp³-hybridized carbons (Fsp3) is 0.310. The van der Waals surface area contributed by atoms with E-state index in [0.29, 0.717) is 33.9 Å². The number of carbonyl (C=O) groups is 1. The van der Waals surface area contributed by atoms with Gasteiger partial charge in [-0.2, -0.15) is 5.26 Å². The highest BCUT2D eigenvalue weighted by molar-refractivity contribution is 6.35. The van der Waals surface area contributed by atoms with E-state index in [9.17, 15) is 10.1 Å². The lowest BCUT2D eigenvalue weighted by Gasteiger charge is -2.21. The number of nitrogens with zero attached hydrogens (tertiary/aromatic N) is 1. The van der Waals surface area contributed by atoms with Gasteiger partial charge in [-0.25, -0.2) is 4.79 Å². The Hall–Kier alpha value is -3.04. The minimum absolute atomic E-state index is 0.145. The molecule has 0 unspecified atom stereocenters. The monoisotopic (exact) mass is 520 g/mol. The summed E-state index contributed by atoms with van der Waals surface area (Å²) in [5.74, 6) is 0.145. The maximum atomic E-state index is 12.6. The first-order valence-electron chi connectivity index (χ1n) is 12.3. The maximum Gasteiger partial charge on any atom is 0.319 e. The molecular formula is C29H30Cl2N4O. The van der Waals surface area contributed by atoms with Gasteiger partial charge in [-0.15, -0.1) is 0 Å². The molecule has 4 rings (SSSR count). The Morgan fingerprint density at radius 2 is 1.69 bits per heavy atom. The Morgan fingerprint density at radius 3 is 2.39 bits per heavy atom. The molecule has 3 aromatic rings. The van der Waals surface area contributed by atoms with Crippen LogP contribution in [0.2, 0.25) is 10.0 Å². The zero-order valence-electron chi connectivity index (χ0n) is 20.1. The Kier molecular flexibility index (Phi) is 9.24. The fourth-order valence-corrected chi connectivity index (χ4v) is 5.24. The standard InChI is InChI=1S/C29H30Cl2N4O/c30-25-15-26(31)17-28(16-25)35-29(36)34-19-24(12-13-33-27-6-1-2-7-27)22-10-8-21(9-11-22)23-5-3-4-20(14-23)18-32/h3-5,8-11,14-17,24,27,33H,1-2,6-7,12-13,19H2,(H2,34,35,36)/t24-/m0/s1. The molecule has 1 aliphatic carbocycles. The fourth-order valence-electron chi connectivity index (χ4n) is 4.71. The molecule has 5 nitrogen and oxygen atoms in total. The van der Waals surface area contributed by atoms with Crippen LogP contribution in [-0.4, -0.2) is 25.2 Å². The van der Waals surface area contributed by atoms with Gasteiger partial charge < -0.3 is 16.0 Å². The van der Waals surface area contributed by atoms with E-state index in [4.69, 9.17) is 23.2 Å². The summed E-state index contributed by atoms with van der Waals surface area (Å²) in [6, 6.07) is 23.4. The van der Waals surface area contributed by atoms with E-state index in [0.717, 1.165) is 29.7 Å². The lowest BCUT2D eigenvalue weighted by atomic mass is 9.93. The average molecular weight is 521 g/mol. The van der Waals surface area contributed by atoms with Gasteiger partial charge in [-0.05, 0) is 72.8 Å². The molecule has 36 heavy (non-hydrogen) atoms. The van der Waals surface area contributed by atoms with E-state index in [1.807, 2.05) is 18.2 Å². The third-order valence-electron chi connectivity index (χ3n) is 6.62. The predicted octanol–water partition coefficient (Wildman–Crippen LogP) is 7.36. The van der Waals surface area contributed by atoms with E-state index in [1.165, 1.54) is 25.7 Å². The van der Waals surface area contributed by atoms with Crippen molar-refractivity contribution in [2.75, 3.05) is 18.4 Å². The number of hydrogen-bond donors (Lipinski definition) is 3. The van der Waals surface area contributed by atoms with Crippen molar-refractivity contribution in [1.29, 1.82) is 5.26 Å². The molecule has 0 aliphatic heterocycles. The molecule has 0 aromatic heterocycles. The van der Waals surface area contributed by atoms with E-state index in [-0.39, 0.29) is 11.9 Å². The quantitative estimate of drug-likeness (QED) is 0.275. The average Bonchev–Trinajstić information content (AvgIpc) is 3.39. The lowest BCUT2D eigenvalue weighted by Crippen LogP contribution is -2.34. The van der Waals surface area contributed by atoms with Crippen LogP contribution in [0.1, 0.15) is 49.1 Å². The third-order valence-corrected chi connectivity index (χ3v) is 7.05. The van der Waals surface area contributed by atoms with Crippen molar-refractivity contribution in [3.63, 3.8) is 0 Å². The molecule has 0 saturated heterocycles. The van der Waals surface area contributed by atoms with Gasteiger partial charge in [0.25, 0.3) is 0 Å². The summed E-state index contributed by atoms with van der Waals surface area (Å²) in [6.45, 7) is 1.39. The second-order valence-electron chi connectivity index (χ2n) is 9.23. The van der Waals surface area contributed by atoms with E-state index >= 15 is 0 Å². The maximum absolute atomic E-state index is 12.6. The van der Waals surface area contributed by atoms with Gasteiger partial charge in [0.05, 0.1) is 11.6 Å². The van der Waals surface area contributed by atoms with Crippen LogP contribution in [0, 0.1) is 11.3 Å². The SMILES string of the molecule is N#Cc1cccc(-c2ccc([C@@H](CCNC3CCCC3)CNC(=O)Nc3cc(Cl)cc(Cl)c3)cc2)c1. The van der Waals surface area contributed by atoms with Crippen LogP contribution in [0.15, 0.2) is 66.7 Å². The Labute approximate surface area is 222 Å². The molecule has 0 spiro atoms. The Bertz CT molecular complexity index is 1200. The van der Waals surface area contributed by atoms with Gasteiger partial charge in [-0.3, -0.25) is 0 Å². The number of amides is 2. The number of nitrogens with one attached hydrogen (secondary N) is 3. The first kappa shape index (κ1) is 26.0. The summed E-state index contributed by atoms with van der Waals surface area (Å²) in [5, 5.41) is 19.6. The van der Waals surface area contributed by atoms with Crippen LogP contribution >= 0.6 is 23.2 Å². The van der Waals surface area contributed by atoms with Crippen LogP contribution in [0.5, 0.6) is 0 Å². The molecule has 0 radical (unpaired) electrons. The van der Waals surface area contributed by atoms with Crippen LogP contribution < -0.4 is 16.0 Å². The molecule has 3 aromatic carbocycles. The lowest BCUT2D eigenvalue weighted by molar-refractivity contribution is 0.251. The van der Waals surface area contributed by atoms with Crippen molar-refractivity contribution in [3.8, 4) is 17.2 Å². The minimum atomic E-state index is -0.299. The molecular weight excluding hydrogens is 491 g/mol. The van der Waals surface area contributed by atoms with Crippen LogP contribution in [0.3, 0.4) is 0 Å². The highest BCUT2D eigenvalue weighted by Crippen LogP contribution is 2.26. The largest absolute Gasteiger partial charge is 0.337 e. The molecule has 0 heterocycles. The second kappa shape index (κ2) is 12.8. The van der Waals surface area contributed by atoms with E-state index in [1.54, 1.807) is 24.3 Å². The molecule has 186 valence electrons. The van der Waals surface area contributed by atoms with Crippen molar-refractivity contribution in [3.05, 3.63) is 87.9 Å². The smallest absolute Gasteiger partial charge is 0.319 e. The molecule has 3 N–H and O–H groups in total. The van der Waals surface area contributed by atoms with E-state index in [2.05, 4.69) is 46.3 Å². The van der Waals surface area contributed by atoms with Gasteiger partial charge in [0.15, 0.2) is 0 Å². The molecule has 7 heteroatoms. The van der Waals surface area contributed by atoms with Gasteiger partial charge in [0.1, 0.15) is 0 Å². The third kappa shape index (κ3) is 7.48. The number of nitriles is 1. The van der Waals surface area contributed by atoms with Crippen LogP contribution in [0.25, 0.3) is 11.1 Å². The number of urea groups is 1. The summed E-state index contributed by atoms with van der Waals surface area (Å²) in [5.41, 5.74) is 4.42. The molecule has 0 bridgehead atoms. The normalized spacial score (nSPS) is 14.2. The number of carbonyl (C=O) groups excluding carboxylic acids is 1. The van der Waals surface area contributed by atoms with Crippen molar-refractivity contribution in [2.45, 2.75) is 44.1 Å². The predicted molar refractivity (Wildman–Crippen MR) is 148 cm³/mol. The van der Waals surface area contributed by atoms with Crippen LogP contribution in [-0.2, 0) is 0 Å². The Balaban J connectivity index is 1.42. The second-order valence-corrected chi connectivity index (χ2v) is 10.1. The first-order chi connectivity index (χ1) is 17.5. The van der Waals surface area contributed by atoms with Gasteiger partial charge in [0, 0.05) is 34.2 Å². The number of benzene rings is 3. The Morgan fingerprint density at radius 1 is 0.972 bits per heavy atom. The molecule has 2 amide bonds. The van der Waals surface area contributed by atoms with Crippen molar-refractivity contribution < 1.29 is 4.79 Å². The van der Waals surface area contributed by atoms with E-state index < -0.39 is 0 Å². The minimum Gasteiger partial charge on any atom is -0.337 e. The summed E-state index contributed by atoms with van der Waals surface area (Å²) in [6.07, 6.45) is 5.98. The van der Waals surface area contributed by atoms with Crippen LogP contribution in [0.4, 0.5) is 10.5 Å². The summed E-state index contributed by atoms with van der Waals surface area (Å²) >= 11 is 12.1. The number of anilines is 1. The zero-order valence-corrected chi connectivity index (χ0v) is 21.6. The summed E-state index contributed by atoms with van der Waals surface area (Å²) < 4.78 is 0. The summed E-state index contributed by atoms with van der Waals surface area (Å²) in [7, 11) is 0. The van der Waals surface area contributed by atoms with Gasteiger partial charge in [-0.1, -0.05) is 72.4 Å². The molecule has 1 saturated carbocycles. The van der Waals surface area contributed by atoms with Crippen molar-refractivity contribution in [1.82, 2.24) is 10.6 Å². The molecule has 1 fully saturated rings. The van der Waals surface area contributed by atoms with Gasteiger partial charge >= 0.3 is 6.03 Å². The molecule has 1 aliphatic rings. The molecule has 1 atom stereocenters. The highest BCUT2D eigenvalue weighted by atomic mass is 35.5. The van der Waals surface area contributed by atoms with Crippen molar-refractivity contribution in [2.24, 2.45) is 0 Å². The first-order valence-corrected chi connectivity index (χ1v) is 13.1. The zero-order chi connectivity index (χ0) is 25.3. The van der Waals surface area contributed by atoms with Gasteiger partial charge in [0.2, 0.25) is 0 Å². The topological polar surface area (TPSA) is 77.0 Å².